The van der Waals surface area contributed by atoms with E-state index in [0.29, 0.717) is 20.7 Å². The van der Waals surface area contributed by atoms with Gasteiger partial charge in [-0.15, -0.1) is 11.3 Å². The molecule has 5 rings (SSSR count). The van der Waals surface area contributed by atoms with Crippen LogP contribution in [0.2, 0.25) is 0 Å². The second-order valence-electron chi connectivity index (χ2n) is 6.81. The third-order valence-electron chi connectivity index (χ3n) is 4.91. The van der Waals surface area contributed by atoms with Crippen LogP contribution in [0.1, 0.15) is 21.3 Å². The van der Waals surface area contributed by atoms with Crippen LogP contribution >= 0.6 is 22.7 Å². The lowest BCUT2D eigenvalue weighted by atomic mass is 9.95. The maximum Gasteiger partial charge on any atom is 0.296 e. The molecule has 154 valence electrons. The van der Waals surface area contributed by atoms with Gasteiger partial charge in [0.15, 0.2) is 10.9 Å². The molecular weight excluding hydrogens is 442 g/mol. The van der Waals surface area contributed by atoms with Crippen LogP contribution in [0.4, 0.5) is 13.9 Å². The maximum atomic E-state index is 14.0. The lowest BCUT2D eigenvalue weighted by Crippen LogP contribution is -2.31. The number of aromatic nitrogens is 1. The maximum absolute atomic E-state index is 14.0. The Hall–Kier alpha value is -3.43. The van der Waals surface area contributed by atoms with Gasteiger partial charge in [0, 0.05) is 0 Å². The average molecular weight is 454 g/mol. The number of hydrogen-bond acceptors (Lipinski definition) is 6. The average Bonchev–Trinajstić information content (AvgIpc) is 3.46. The van der Waals surface area contributed by atoms with E-state index in [1.165, 1.54) is 47.7 Å². The first kappa shape index (κ1) is 19.5. The number of carbonyl (C=O) groups excluding carboxylic acids is 2. The summed E-state index contributed by atoms with van der Waals surface area (Å²) in [5, 5.41) is 12.5. The van der Waals surface area contributed by atoms with Gasteiger partial charge in [-0.1, -0.05) is 29.5 Å². The number of nitrogens with zero attached hydrogens (tertiary/aromatic N) is 2. The number of aliphatic hydroxyl groups is 1. The molecule has 0 bridgehead atoms. The van der Waals surface area contributed by atoms with Crippen LogP contribution in [-0.4, -0.2) is 21.8 Å². The van der Waals surface area contributed by atoms with Crippen molar-refractivity contribution in [3.63, 3.8) is 0 Å². The van der Waals surface area contributed by atoms with Gasteiger partial charge in [0.25, 0.3) is 5.91 Å². The van der Waals surface area contributed by atoms with Crippen LogP contribution in [0.25, 0.3) is 10.2 Å². The summed E-state index contributed by atoms with van der Waals surface area (Å²) in [6.07, 6.45) is 0. The molecule has 0 saturated carbocycles. The van der Waals surface area contributed by atoms with Gasteiger partial charge in [0.05, 0.1) is 26.7 Å². The molecule has 2 aromatic heterocycles. The summed E-state index contributed by atoms with van der Waals surface area (Å²) in [7, 11) is 0. The fraction of sp³-hybridized carbons (Fsp3) is 0.0455. The molecule has 1 aliphatic rings. The summed E-state index contributed by atoms with van der Waals surface area (Å²) < 4.78 is 28.2. The number of benzene rings is 2. The lowest BCUT2D eigenvalue weighted by molar-refractivity contribution is -0.117. The first-order chi connectivity index (χ1) is 14.9. The molecule has 0 fully saturated rings. The number of amides is 1. The third kappa shape index (κ3) is 3.22. The quantitative estimate of drug-likeness (QED) is 0.418. The van der Waals surface area contributed by atoms with Crippen molar-refractivity contribution in [2.45, 2.75) is 6.04 Å². The lowest BCUT2D eigenvalue weighted by Gasteiger charge is -2.24. The molecule has 1 amide bonds. The molecule has 5 nitrogen and oxygen atoms in total. The predicted octanol–water partition coefficient (Wildman–Crippen LogP) is 5.42. The number of anilines is 1. The van der Waals surface area contributed by atoms with Crippen molar-refractivity contribution < 1.29 is 23.5 Å². The number of thiophene rings is 1. The smallest absolute Gasteiger partial charge is 0.296 e. The minimum atomic E-state index is -1.08. The van der Waals surface area contributed by atoms with Crippen LogP contribution in [0.5, 0.6) is 0 Å². The van der Waals surface area contributed by atoms with Crippen molar-refractivity contribution in [1.29, 1.82) is 0 Å². The zero-order chi connectivity index (χ0) is 21.7. The second-order valence-corrected chi connectivity index (χ2v) is 8.77. The SMILES string of the molecule is O=C(C1=C(O)C(=O)N(c2nc3ccc(F)cc3s2)C1c1cccc(F)c1)c1cccs1. The van der Waals surface area contributed by atoms with Gasteiger partial charge in [-0.2, -0.15) is 0 Å². The van der Waals surface area contributed by atoms with Crippen LogP contribution in [0.3, 0.4) is 0 Å². The van der Waals surface area contributed by atoms with E-state index in [1.54, 1.807) is 23.6 Å². The Labute approximate surface area is 182 Å². The molecule has 0 aliphatic carbocycles. The number of fused-ring (bicyclic) bond motifs is 1. The van der Waals surface area contributed by atoms with E-state index in [4.69, 9.17) is 0 Å². The highest BCUT2D eigenvalue weighted by Gasteiger charge is 2.46. The van der Waals surface area contributed by atoms with Crippen LogP contribution in [-0.2, 0) is 4.79 Å². The van der Waals surface area contributed by atoms with Crippen LogP contribution in [0, 0.1) is 11.6 Å². The Morgan fingerprint density at radius 2 is 1.87 bits per heavy atom. The fourth-order valence-electron chi connectivity index (χ4n) is 3.56. The van der Waals surface area contributed by atoms with Crippen molar-refractivity contribution in [3.8, 4) is 0 Å². The molecule has 1 aliphatic heterocycles. The van der Waals surface area contributed by atoms with Gasteiger partial charge in [-0.25, -0.2) is 13.8 Å². The van der Waals surface area contributed by atoms with Gasteiger partial charge >= 0.3 is 0 Å². The van der Waals surface area contributed by atoms with Gasteiger partial charge in [-0.3, -0.25) is 14.5 Å². The third-order valence-corrected chi connectivity index (χ3v) is 6.79. The number of aliphatic hydroxyl groups excluding tert-OH is 1. The Bertz CT molecular complexity index is 1380. The van der Waals surface area contributed by atoms with E-state index >= 15 is 0 Å². The minimum absolute atomic E-state index is 0.150. The first-order valence-electron chi connectivity index (χ1n) is 9.10. The molecular formula is C22H12F2N2O3S2. The Morgan fingerprint density at radius 3 is 2.61 bits per heavy atom. The number of ketones is 1. The van der Waals surface area contributed by atoms with Gasteiger partial charge in [0.2, 0.25) is 5.78 Å². The van der Waals surface area contributed by atoms with Crippen molar-refractivity contribution in [2.24, 2.45) is 0 Å². The molecule has 4 aromatic rings. The van der Waals surface area contributed by atoms with E-state index < -0.39 is 35.1 Å². The summed E-state index contributed by atoms with van der Waals surface area (Å²) in [5.74, 6) is -3.06. The monoisotopic (exact) mass is 454 g/mol. The van der Waals surface area contributed by atoms with Crippen molar-refractivity contribution in [3.05, 3.63) is 93.4 Å². The van der Waals surface area contributed by atoms with E-state index in [9.17, 15) is 23.5 Å². The van der Waals surface area contributed by atoms with Crippen LogP contribution in [0.15, 0.2) is 71.3 Å². The van der Waals surface area contributed by atoms with Crippen molar-refractivity contribution in [1.82, 2.24) is 4.98 Å². The second kappa shape index (κ2) is 7.36. The predicted molar refractivity (Wildman–Crippen MR) is 115 cm³/mol. The zero-order valence-electron chi connectivity index (χ0n) is 15.6. The highest BCUT2D eigenvalue weighted by Crippen LogP contribution is 2.44. The summed E-state index contributed by atoms with van der Waals surface area (Å²) in [6, 6.07) is 11.7. The number of hydrogen-bond donors (Lipinski definition) is 1. The topological polar surface area (TPSA) is 70.5 Å². The fourth-order valence-corrected chi connectivity index (χ4v) is 5.25. The number of halogens is 2. The molecule has 2 aromatic carbocycles. The van der Waals surface area contributed by atoms with Gasteiger partial charge in [0.1, 0.15) is 11.6 Å². The zero-order valence-corrected chi connectivity index (χ0v) is 17.2. The highest BCUT2D eigenvalue weighted by molar-refractivity contribution is 7.22. The Kier molecular flexibility index (Phi) is 4.64. The van der Waals surface area contributed by atoms with E-state index in [-0.39, 0.29) is 10.7 Å². The van der Waals surface area contributed by atoms with E-state index in [0.717, 1.165) is 16.2 Å². The molecule has 3 heterocycles. The largest absolute Gasteiger partial charge is 0.503 e. The molecule has 31 heavy (non-hydrogen) atoms. The standard InChI is InChI=1S/C22H12F2N2O3S2/c23-12-4-1-3-11(9-12)18-17(19(27)15-5-2-8-30-15)20(28)21(29)26(18)22-25-14-7-6-13(24)10-16(14)31-22/h1-10,18,28H. The molecule has 1 unspecified atom stereocenters. The van der Waals surface area contributed by atoms with Crippen molar-refractivity contribution in [2.75, 3.05) is 4.90 Å². The number of thiazole rings is 1. The minimum Gasteiger partial charge on any atom is -0.503 e. The molecule has 0 radical (unpaired) electrons. The summed E-state index contributed by atoms with van der Waals surface area (Å²) >= 11 is 2.21. The van der Waals surface area contributed by atoms with Gasteiger partial charge < -0.3 is 5.11 Å². The normalized spacial score (nSPS) is 16.5. The summed E-state index contributed by atoms with van der Waals surface area (Å²) in [5.41, 5.74) is 0.621. The highest BCUT2D eigenvalue weighted by atomic mass is 32.1. The molecule has 0 saturated heterocycles. The number of rotatable bonds is 4. The molecule has 9 heteroatoms. The molecule has 1 N–H and O–H groups in total. The summed E-state index contributed by atoms with van der Waals surface area (Å²) in [6.45, 7) is 0. The van der Waals surface area contributed by atoms with Crippen LogP contribution < -0.4 is 4.90 Å². The van der Waals surface area contributed by atoms with Crippen molar-refractivity contribution >= 4 is 49.7 Å². The van der Waals surface area contributed by atoms with E-state index in [1.807, 2.05) is 0 Å². The Balaban J connectivity index is 1.70. The van der Waals surface area contributed by atoms with E-state index in [2.05, 4.69) is 4.98 Å². The summed E-state index contributed by atoms with van der Waals surface area (Å²) in [4.78, 5) is 32.1. The molecule has 0 spiro atoms. The first-order valence-corrected chi connectivity index (χ1v) is 10.8. The molecule has 1 atom stereocenters. The number of carbonyl (C=O) groups is 2. The number of Topliss-reactive ketones (excluding diaryl/α,β-unsaturated/α-hetero) is 1. The van der Waals surface area contributed by atoms with Gasteiger partial charge in [-0.05, 0) is 47.3 Å². The Morgan fingerprint density at radius 1 is 1.06 bits per heavy atom.